The summed E-state index contributed by atoms with van der Waals surface area (Å²) < 4.78 is 4.99. The number of piperazine rings is 1. The molecule has 0 spiro atoms. The first-order chi connectivity index (χ1) is 8.24. The number of ether oxygens (including phenoxy) is 1. The lowest BCUT2D eigenvalue weighted by molar-refractivity contribution is 0.107. The van der Waals surface area contributed by atoms with Gasteiger partial charge in [0.2, 0.25) is 0 Å². The predicted molar refractivity (Wildman–Crippen MR) is 72.5 cm³/mol. The second-order valence-corrected chi connectivity index (χ2v) is 5.07. The van der Waals surface area contributed by atoms with Gasteiger partial charge in [-0.3, -0.25) is 4.90 Å². The molecule has 0 aliphatic carbocycles. The van der Waals surface area contributed by atoms with E-state index in [4.69, 9.17) is 4.74 Å². The van der Waals surface area contributed by atoms with Crippen molar-refractivity contribution in [1.82, 2.24) is 15.1 Å². The fourth-order valence-electron chi connectivity index (χ4n) is 2.23. The van der Waals surface area contributed by atoms with Crippen molar-refractivity contribution in [2.75, 3.05) is 59.5 Å². The highest BCUT2D eigenvalue weighted by Gasteiger charge is 2.17. The molecule has 1 N–H and O–H groups in total. The zero-order valence-electron chi connectivity index (χ0n) is 11.7. The Labute approximate surface area is 106 Å². The number of hydrogen-bond acceptors (Lipinski definition) is 4. The molecule has 0 aromatic carbocycles. The number of methoxy groups -OCH3 is 1. The van der Waals surface area contributed by atoms with Gasteiger partial charge in [-0.2, -0.15) is 0 Å². The minimum atomic E-state index is 0.702. The van der Waals surface area contributed by atoms with Crippen molar-refractivity contribution < 1.29 is 4.74 Å². The molecule has 102 valence electrons. The van der Waals surface area contributed by atoms with Gasteiger partial charge in [-0.25, -0.2) is 0 Å². The van der Waals surface area contributed by atoms with Crippen molar-refractivity contribution in [3.05, 3.63) is 0 Å². The Morgan fingerprint density at radius 1 is 1.12 bits per heavy atom. The van der Waals surface area contributed by atoms with Crippen LogP contribution in [-0.4, -0.2) is 75.4 Å². The number of rotatable bonds is 8. The summed E-state index contributed by atoms with van der Waals surface area (Å²) in [4.78, 5) is 5.14. The van der Waals surface area contributed by atoms with E-state index in [0.717, 1.165) is 19.7 Å². The second kappa shape index (κ2) is 8.86. The van der Waals surface area contributed by atoms with Crippen LogP contribution < -0.4 is 5.32 Å². The van der Waals surface area contributed by atoms with Crippen molar-refractivity contribution in [3.63, 3.8) is 0 Å². The minimum Gasteiger partial charge on any atom is -0.383 e. The first-order valence-electron chi connectivity index (χ1n) is 6.90. The third-order valence-corrected chi connectivity index (χ3v) is 3.45. The molecule has 1 aliphatic rings. The molecule has 0 amide bonds. The standard InChI is InChI=1S/C13H29N3O/c1-13(2)16-10-8-15(9-11-16)7-4-5-14-6-12-17-3/h13-14H,4-12H2,1-3H3. The molecule has 0 aromatic rings. The van der Waals surface area contributed by atoms with E-state index in [-0.39, 0.29) is 0 Å². The second-order valence-electron chi connectivity index (χ2n) is 5.07. The van der Waals surface area contributed by atoms with Gasteiger partial charge < -0.3 is 15.0 Å². The summed E-state index contributed by atoms with van der Waals surface area (Å²) in [6.07, 6.45) is 1.24. The summed E-state index contributed by atoms with van der Waals surface area (Å²) in [7, 11) is 1.75. The Bertz CT molecular complexity index is 180. The largest absolute Gasteiger partial charge is 0.383 e. The Balaban J connectivity index is 1.95. The monoisotopic (exact) mass is 243 g/mol. The number of nitrogens with zero attached hydrogens (tertiary/aromatic N) is 2. The van der Waals surface area contributed by atoms with Crippen molar-refractivity contribution in [2.45, 2.75) is 26.3 Å². The van der Waals surface area contributed by atoms with Crippen LogP contribution in [0.15, 0.2) is 0 Å². The lowest BCUT2D eigenvalue weighted by Gasteiger charge is -2.36. The van der Waals surface area contributed by atoms with Crippen molar-refractivity contribution in [1.29, 1.82) is 0 Å². The predicted octanol–water partition coefficient (Wildman–Crippen LogP) is 0.639. The molecular formula is C13H29N3O. The SMILES string of the molecule is COCCNCCCN1CCN(C(C)C)CC1. The molecule has 0 radical (unpaired) electrons. The first-order valence-corrected chi connectivity index (χ1v) is 6.90. The first kappa shape index (κ1) is 14.9. The molecule has 0 bridgehead atoms. The minimum absolute atomic E-state index is 0.702. The van der Waals surface area contributed by atoms with Crippen LogP contribution in [0, 0.1) is 0 Å². The highest BCUT2D eigenvalue weighted by atomic mass is 16.5. The van der Waals surface area contributed by atoms with E-state index in [0.29, 0.717) is 6.04 Å². The summed E-state index contributed by atoms with van der Waals surface area (Å²) in [6.45, 7) is 13.6. The normalized spacial score (nSPS) is 19.1. The van der Waals surface area contributed by atoms with Crippen LogP contribution in [0.2, 0.25) is 0 Å². The zero-order chi connectivity index (χ0) is 12.5. The lowest BCUT2D eigenvalue weighted by atomic mass is 10.2. The van der Waals surface area contributed by atoms with Gasteiger partial charge in [0.05, 0.1) is 6.61 Å². The molecule has 0 unspecified atom stereocenters. The van der Waals surface area contributed by atoms with Gasteiger partial charge in [-0.05, 0) is 33.4 Å². The van der Waals surface area contributed by atoms with Crippen LogP contribution in [0.4, 0.5) is 0 Å². The summed E-state index contributed by atoms with van der Waals surface area (Å²) in [5.41, 5.74) is 0. The molecule has 1 fully saturated rings. The average molecular weight is 243 g/mol. The summed E-state index contributed by atoms with van der Waals surface area (Å²) in [6, 6.07) is 0.702. The van der Waals surface area contributed by atoms with E-state index in [9.17, 15) is 0 Å². The summed E-state index contributed by atoms with van der Waals surface area (Å²) in [5.74, 6) is 0. The molecule has 0 aromatic heterocycles. The maximum absolute atomic E-state index is 4.99. The third kappa shape index (κ3) is 6.36. The molecule has 17 heavy (non-hydrogen) atoms. The highest BCUT2D eigenvalue weighted by Crippen LogP contribution is 2.05. The van der Waals surface area contributed by atoms with Crippen LogP contribution >= 0.6 is 0 Å². The van der Waals surface area contributed by atoms with Crippen molar-refractivity contribution >= 4 is 0 Å². The molecule has 0 saturated carbocycles. The van der Waals surface area contributed by atoms with E-state index in [2.05, 4.69) is 29.0 Å². The smallest absolute Gasteiger partial charge is 0.0587 e. The highest BCUT2D eigenvalue weighted by molar-refractivity contribution is 4.74. The van der Waals surface area contributed by atoms with Gasteiger partial charge in [0, 0.05) is 45.9 Å². The van der Waals surface area contributed by atoms with Gasteiger partial charge >= 0.3 is 0 Å². The van der Waals surface area contributed by atoms with Crippen LogP contribution in [-0.2, 0) is 4.74 Å². The quantitative estimate of drug-likeness (QED) is 0.633. The maximum Gasteiger partial charge on any atom is 0.0587 e. The van der Waals surface area contributed by atoms with Crippen LogP contribution in [0.1, 0.15) is 20.3 Å². The van der Waals surface area contributed by atoms with E-state index in [1.54, 1.807) is 7.11 Å². The number of hydrogen-bond donors (Lipinski definition) is 1. The molecule has 1 aliphatic heterocycles. The van der Waals surface area contributed by atoms with Gasteiger partial charge in [-0.15, -0.1) is 0 Å². The summed E-state index contributed by atoms with van der Waals surface area (Å²) in [5, 5.41) is 3.39. The maximum atomic E-state index is 4.99. The topological polar surface area (TPSA) is 27.7 Å². The van der Waals surface area contributed by atoms with Gasteiger partial charge in [-0.1, -0.05) is 0 Å². The zero-order valence-corrected chi connectivity index (χ0v) is 11.7. The lowest BCUT2D eigenvalue weighted by Crippen LogP contribution is -2.49. The van der Waals surface area contributed by atoms with Crippen molar-refractivity contribution in [3.8, 4) is 0 Å². The van der Waals surface area contributed by atoms with Gasteiger partial charge in [0.1, 0.15) is 0 Å². The molecule has 4 nitrogen and oxygen atoms in total. The van der Waals surface area contributed by atoms with Crippen LogP contribution in [0.3, 0.4) is 0 Å². The van der Waals surface area contributed by atoms with Crippen LogP contribution in [0.25, 0.3) is 0 Å². The van der Waals surface area contributed by atoms with Crippen molar-refractivity contribution in [2.24, 2.45) is 0 Å². The summed E-state index contributed by atoms with van der Waals surface area (Å²) >= 11 is 0. The Hall–Kier alpha value is -0.160. The molecule has 1 saturated heterocycles. The molecule has 4 heteroatoms. The van der Waals surface area contributed by atoms with Gasteiger partial charge in [0.25, 0.3) is 0 Å². The van der Waals surface area contributed by atoms with Gasteiger partial charge in [0.15, 0.2) is 0 Å². The molecule has 1 heterocycles. The fourth-order valence-corrected chi connectivity index (χ4v) is 2.23. The average Bonchev–Trinajstić information content (AvgIpc) is 2.34. The van der Waals surface area contributed by atoms with E-state index >= 15 is 0 Å². The third-order valence-electron chi connectivity index (χ3n) is 3.45. The molecular weight excluding hydrogens is 214 g/mol. The van der Waals surface area contributed by atoms with Crippen LogP contribution in [0.5, 0.6) is 0 Å². The molecule has 1 rings (SSSR count). The van der Waals surface area contributed by atoms with E-state index in [1.807, 2.05) is 0 Å². The Morgan fingerprint density at radius 3 is 2.41 bits per heavy atom. The Kier molecular flexibility index (Phi) is 7.77. The fraction of sp³-hybridized carbons (Fsp3) is 1.00. The molecule has 0 atom stereocenters. The number of nitrogens with one attached hydrogen (secondary N) is 1. The van der Waals surface area contributed by atoms with E-state index in [1.165, 1.54) is 39.1 Å². The Morgan fingerprint density at radius 2 is 1.82 bits per heavy atom. The van der Waals surface area contributed by atoms with E-state index < -0.39 is 0 Å².